The van der Waals surface area contributed by atoms with Gasteiger partial charge >= 0.3 is 5.91 Å². The highest BCUT2D eigenvalue weighted by Crippen LogP contribution is 2.44. The lowest BCUT2D eigenvalue weighted by Crippen LogP contribution is -2.29. The first kappa shape index (κ1) is 22.0. The number of ketones is 1. The molecule has 1 aromatic heterocycles. The number of aromatic nitrogens is 1. The van der Waals surface area contributed by atoms with Crippen molar-refractivity contribution in [2.24, 2.45) is 0 Å². The number of halogens is 1. The highest BCUT2D eigenvalue weighted by molar-refractivity contribution is 7.22. The number of nitrogens with zero attached hydrogens (tertiary/aromatic N) is 2. The minimum atomic E-state index is -0.941. The van der Waals surface area contributed by atoms with Crippen molar-refractivity contribution < 1.29 is 19.1 Å². The Balaban J connectivity index is 1.74. The molecule has 0 bridgehead atoms. The number of carbonyl (C=O) groups is 2. The number of amides is 1. The number of fused-ring (bicyclic) bond motifs is 1. The lowest BCUT2D eigenvalue weighted by molar-refractivity contribution is -0.132. The number of aliphatic hydroxyl groups excluding tert-OH is 1. The highest BCUT2D eigenvalue weighted by atomic mass is 32.1. The van der Waals surface area contributed by atoms with Crippen molar-refractivity contribution in [2.75, 3.05) is 4.90 Å². The smallest absolute Gasteiger partial charge is 0.301 e. The molecule has 1 aliphatic heterocycles. The van der Waals surface area contributed by atoms with Gasteiger partial charge in [-0.2, -0.15) is 0 Å². The fraction of sp³-hybridized carbons (Fsp3) is 0.148. The van der Waals surface area contributed by atoms with Crippen molar-refractivity contribution in [3.63, 3.8) is 0 Å². The van der Waals surface area contributed by atoms with Gasteiger partial charge in [-0.1, -0.05) is 59.4 Å². The number of rotatable bonds is 3. The standard InChI is InChI=1S/C27H21FN2O3S/c1-14-4-6-18(7-5-14)24(31)21-23(17-8-10-19(28)11-9-17)30(26(33)25(21)32)27-29-22-16(3)12-15(2)13-20(22)34-27/h4-13,23,31H,1-3H3/b24-21+. The van der Waals surface area contributed by atoms with Crippen molar-refractivity contribution in [3.05, 3.63) is 99.9 Å². The Bertz CT molecular complexity index is 1490. The van der Waals surface area contributed by atoms with Crippen LogP contribution in [0.3, 0.4) is 0 Å². The van der Waals surface area contributed by atoms with Gasteiger partial charge in [0, 0.05) is 5.56 Å². The van der Waals surface area contributed by atoms with Gasteiger partial charge in [-0.25, -0.2) is 9.37 Å². The van der Waals surface area contributed by atoms with Crippen LogP contribution < -0.4 is 4.90 Å². The summed E-state index contributed by atoms with van der Waals surface area (Å²) in [4.78, 5) is 32.6. The molecule has 1 unspecified atom stereocenters. The van der Waals surface area contributed by atoms with Gasteiger partial charge in [0.2, 0.25) is 0 Å². The summed E-state index contributed by atoms with van der Waals surface area (Å²) in [5, 5.41) is 11.5. The number of thiazole rings is 1. The van der Waals surface area contributed by atoms with Crippen molar-refractivity contribution in [1.82, 2.24) is 4.98 Å². The van der Waals surface area contributed by atoms with Crippen LogP contribution in [-0.4, -0.2) is 21.8 Å². The number of benzene rings is 3. The summed E-state index contributed by atoms with van der Waals surface area (Å²) in [5.41, 5.74) is 4.65. The maximum absolute atomic E-state index is 13.7. The summed E-state index contributed by atoms with van der Waals surface area (Å²) in [5.74, 6) is -2.30. The predicted molar refractivity (Wildman–Crippen MR) is 131 cm³/mol. The Kier molecular flexibility index (Phi) is 5.29. The molecule has 0 spiro atoms. The Morgan fingerprint density at radius 1 is 0.971 bits per heavy atom. The van der Waals surface area contributed by atoms with E-state index >= 15 is 0 Å². The molecular formula is C27H21FN2O3S. The molecule has 2 heterocycles. The largest absolute Gasteiger partial charge is 0.507 e. The maximum atomic E-state index is 13.7. The first-order valence-electron chi connectivity index (χ1n) is 10.8. The van der Waals surface area contributed by atoms with Gasteiger partial charge in [0.15, 0.2) is 5.13 Å². The fourth-order valence-electron chi connectivity index (χ4n) is 4.32. The monoisotopic (exact) mass is 472 g/mol. The number of aryl methyl sites for hydroxylation is 3. The van der Waals surface area contributed by atoms with E-state index in [4.69, 9.17) is 0 Å². The SMILES string of the molecule is Cc1ccc(/C(O)=C2\C(=O)C(=O)N(c3nc4c(C)cc(C)cc4s3)C2c2ccc(F)cc2)cc1. The molecule has 170 valence electrons. The Morgan fingerprint density at radius 2 is 1.65 bits per heavy atom. The summed E-state index contributed by atoms with van der Waals surface area (Å²) in [6.07, 6.45) is 0. The van der Waals surface area contributed by atoms with Crippen LogP contribution in [0.15, 0.2) is 66.2 Å². The second-order valence-electron chi connectivity index (χ2n) is 8.51. The van der Waals surface area contributed by atoms with E-state index in [0.717, 1.165) is 26.9 Å². The number of carbonyl (C=O) groups excluding carboxylic acids is 2. The first-order valence-corrected chi connectivity index (χ1v) is 11.6. The Morgan fingerprint density at radius 3 is 2.32 bits per heavy atom. The van der Waals surface area contributed by atoms with E-state index < -0.39 is 23.5 Å². The summed E-state index contributed by atoms with van der Waals surface area (Å²) in [6, 6.07) is 15.7. The molecule has 1 amide bonds. The molecule has 1 saturated heterocycles. The Labute approximate surface area is 199 Å². The van der Waals surface area contributed by atoms with Gasteiger partial charge < -0.3 is 5.11 Å². The lowest BCUT2D eigenvalue weighted by Gasteiger charge is -2.23. The second-order valence-corrected chi connectivity index (χ2v) is 9.52. The van der Waals surface area contributed by atoms with Crippen LogP contribution in [0.2, 0.25) is 0 Å². The van der Waals surface area contributed by atoms with Gasteiger partial charge in [-0.3, -0.25) is 14.5 Å². The zero-order chi connectivity index (χ0) is 24.1. The highest BCUT2D eigenvalue weighted by Gasteiger charge is 2.48. The third-order valence-electron chi connectivity index (χ3n) is 5.98. The summed E-state index contributed by atoms with van der Waals surface area (Å²) >= 11 is 1.31. The van der Waals surface area contributed by atoms with Crippen molar-refractivity contribution in [2.45, 2.75) is 26.8 Å². The van der Waals surface area contributed by atoms with Gasteiger partial charge in [0.05, 0.1) is 21.8 Å². The van der Waals surface area contributed by atoms with E-state index in [-0.39, 0.29) is 11.3 Å². The van der Waals surface area contributed by atoms with Crippen LogP contribution in [0, 0.1) is 26.6 Å². The van der Waals surface area contributed by atoms with E-state index in [1.807, 2.05) is 45.0 Å². The van der Waals surface area contributed by atoms with Crippen LogP contribution in [-0.2, 0) is 9.59 Å². The second kappa shape index (κ2) is 8.18. The first-order chi connectivity index (χ1) is 16.2. The molecule has 0 saturated carbocycles. The van der Waals surface area contributed by atoms with Gasteiger partial charge in [-0.15, -0.1) is 0 Å². The topological polar surface area (TPSA) is 70.5 Å². The van der Waals surface area contributed by atoms with Crippen molar-refractivity contribution >= 4 is 44.1 Å². The molecule has 4 aromatic rings. The number of hydrogen-bond acceptors (Lipinski definition) is 5. The van der Waals surface area contributed by atoms with Gasteiger partial charge in [0.1, 0.15) is 11.6 Å². The van der Waals surface area contributed by atoms with E-state index in [0.29, 0.717) is 16.3 Å². The molecule has 3 aromatic carbocycles. The van der Waals surface area contributed by atoms with Crippen LogP contribution >= 0.6 is 11.3 Å². The minimum Gasteiger partial charge on any atom is -0.507 e. The van der Waals surface area contributed by atoms with Gasteiger partial charge in [-0.05, 0) is 55.7 Å². The van der Waals surface area contributed by atoms with Crippen molar-refractivity contribution in [3.8, 4) is 0 Å². The van der Waals surface area contributed by atoms with Crippen LogP contribution in [0.4, 0.5) is 9.52 Å². The maximum Gasteiger partial charge on any atom is 0.301 e. The number of hydrogen-bond donors (Lipinski definition) is 1. The summed E-state index contributed by atoms with van der Waals surface area (Å²) in [6.45, 7) is 5.85. The molecular weight excluding hydrogens is 451 g/mol. The molecule has 7 heteroatoms. The minimum absolute atomic E-state index is 0.0485. The molecule has 1 fully saturated rings. The lowest BCUT2D eigenvalue weighted by atomic mass is 9.95. The fourth-order valence-corrected chi connectivity index (χ4v) is 5.49. The molecule has 1 atom stereocenters. The van der Waals surface area contributed by atoms with Crippen molar-refractivity contribution in [1.29, 1.82) is 0 Å². The van der Waals surface area contributed by atoms with E-state index in [1.54, 1.807) is 12.1 Å². The molecule has 1 aliphatic rings. The average molecular weight is 473 g/mol. The van der Waals surface area contributed by atoms with E-state index in [1.165, 1.54) is 40.5 Å². The third kappa shape index (κ3) is 3.58. The van der Waals surface area contributed by atoms with E-state index in [2.05, 4.69) is 4.98 Å². The molecule has 5 nitrogen and oxygen atoms in total. The number of aliphatic hydroxyl groups is 1. The molecule has 5 rings (SSSR count). The molecule has 0 radical (unpaired) electrons. The van der Waals surface area contributed by atoms with Crippen LogP contribution in [0.5, 0.6) is 0 Å². The van der Waals surface area contributed by atoms with E-state index in [9.17, 15) is 19.1 Å². The Hall–Kier alpha value is -3.84. The molecule has 34 heavy (non-hydrogen) atoms. The summed E-state index contributed by atoms with van der Waals surface area (Å²) < 4.78 is 14.6. The van der Waals surface area contributed by atoms with Crippen LogP contribution in [0.25, 0.3) is 16.0 Å². The predicted octanol–water partition coefficient (Wildman–Crippen LogP) is 5.99. The number of anilines is 1. The zero-order valence-electron chi connectivity index (χ0n) is 18.8. The molecule has 0 aliphatic carbocycles. The quantitative estimate of drug-likeness (QED) is 0.226. The average Bonchev–Trinajstić information content (AvgIpc) is 3.33. The zero-order valence-corrected chi connectivity index (χ0v) is 19.6. The van der Waals surface area contributed by atoms with Crippen LogP contribution in [0.1, 0.15) is 33.9 Å². The number of Topliss-reactive ketones (excluding diaryl/α,β-unsaturated/α-hetero) is 1. The molecule has 1 N–H and O–H groups in total. The van der Waals surface area contributed by atoms with Gasteiger partial charge in [0.25, 0.3) is 5.78 Å². The normalized spacial score (nSPS) is 17.6. The third-order valence-corrected chi connectivity index (χ3v) is 6.98. The summed E-state index contributed by atoms with van der Waals surface area (Å²) in [7, 11) is 0.